The molecule has 1 atom stereocenters. The van der Waals surface area contributed by atoms with Crippen LogP contribution in [0, 0.1) is 26.6 Å². The third-order valence-electron chi connectivity index (χ3n) is 7.04. The van der Waals surface area contributed by atoms with Gasteiger partial charge in [0, 0.05) is 34.9 Å². The van der Waals surface area contributed by atoms with Gasteiger partial charge < -0.3 is 15.2 Å². The van der Waals surface area contributed by atoms with Crippen LogP contribution in [-0.2, 0) is 30.9 Å². The summed E-state index contributed by atoms with van der Waals surface area (Å²) >= 11 is 0. The monoisotopic (exact) mass is 582 g/mol. The highest BCUT2D eigenvalue weighted by Crippen LogP contribution is 2.53. The lowest BCUT2D eigenvalue weighted by molar-refractivity contribution is -0.160. The first kappa shape index (κ1) is 30.2. The Morgan fingerprint density at radius 1 is 1.05 bits per heavy atom. The van der Waals surface area contributed by atoms with Crippen molar-refractivity contribution in [2.75, 3.05) is 15.9 Å². The summed E-state index contributed by atoms with van der Waals surface area (Å²) in [5, 5.41) is 13.3. The normalized spacial score (nSPS) is 13.8. The molecule has 1 aliphatic rings. The number of rotatable bonds is 6. The van der Waals surface area contributed by atoms with Gasteiger partial charge in [-0.2, -0.15) is 0 Å². The number of fused-ring (bicyclic) bond motifs is 3. The highest BCUT2D eigenvalue weighted by molar-refractivity contribution is 7.92. The zero-order valence-corrected chi connectivity index (χ0v) is 25.3. The van der Waals surface area contributed by atoms with E-state index in [-0.39, 0.29) is 29.3 Å². The Balaban J connectivity index is 2.28. The lowest BCUT2D eigenvalue weighted by Crippen LogP contribution is -2.35. The number of anilines is 2. The first-order chi connectivity index (χ1) is 18.9. The van der Waals surface area contributed by atoms with Crippen molar-refractivity contribution in [3.63, 3.8) is 0 Å². The van der Waals surface area contributed by atoms with Crippen LogP contribution in [0.25, 0.3) is 22.3 Å². The molecular formula is C31H35FN2O6S. The van der Waals surface area contributed by atoms with Gasteiger partial charge in [0.05, 0.1) is 24.1 Å². The Morgan fingerprint density at radius 2 is 1.71 bits per heavy atom. The lowest BCUT2D eigenvalue weighted by atomic mass is 9.79. The van der Waals surface area contributed by atoms with Crippen molar-refractivity contribution in [1.82, 2.24) is 0 Å². The van der Waals surface area contributed by atoms with Crippen LogP contribution in [-0.4, -0.2) is 37.3 Å². The Hall–Kier alpha value is -3.76. The number of ether oxygens (including phenoxy) is 1. The van der Waals surface area contributed by atoms with E-state index in [0.29, 0.717) is 39.1 Å². The van der Waals surface area contributed by atoms with Gasteiger partial charge in [-0.15, -0.1) is 0 Å². The second-order valence-corrected chi connectivity index (χ2v) is 13.4. The number of nitrogens with one attached hydrogen (secondary N) is 1. The SMILES string of the molecule is CC(=O)Nc1cc(C)ccc1-c1c(C)c2c(c(C)c1[C@H](OC(C)(C)C)C(=O)O)N(S(C)(=O)=O)Cc1cccc(F)c1-2. The van der Waals surface area contributed by atoms with Gasteiger partial charge in [0.15, 0.2) is 6.10 Å². The number of carbonyl (C=O) groups is 2. The molecule has 0 bridgehead atoms. The molecule has 0 aliphatic carbocycles. The molecule has 1 aliphatic heterocycles. The van der Waals surface area contributed by atoms with Gasteiger partial charge in [0.25, 0.3) is 0 Å². The van der Waals surface area contributed by atoms with Crippen LogP contribution in [0.15, 0.2) is 36.4 Å². The number of carbonyl (C=O) groups excluding carboxylic acids is 1. The smallest absolute Gasteiger partial charge is 0.337 e. The summed E-state index contributed by atoms with van der Waals surface area (Å²) in [5.41, 5.74) is 3.63. The number of hydrogen-bond acceptors (Lipinski definition) is 5. The van der Waals surface area contributed by atoms with Gasteiger partial charge in [0.2, 0.25) is 15.9 Å². The van der Waals surface area contributed by atoms with E-state index in [1.165, 1.54) is 23.4 Å². The summed E-state index contributed by atoms with van der Waals surface area (Å²) in [5.74, 6) is -2.12. The molecule has 8 nitrogen and oxygen atoms in total. The maximum Gasteiger partial charge on any atom is 0.337 e. The molecule has 10 heteroatoms. The number of hydrogen-bond donors (Lipinski definition) is 2. The second kappa shape index (κ2) is 10.6. The van der Waals surface area contributed by atoms with Gasteiger partial charge in [0.1, 0.15) is 5.82 Å². The van der Waals surface area contributed by atoms with Crippen molar-refractivity contribution in [2.24, 2.45) is 0 Å². The van der Waals surface area contributed by atoms with Gasteiger partial charge in [-0.1, -0.05) is 24.3 Å². The second-order valence-electron chi connectivity index (χ2n) is 11.5. The fourth-order valence-electron chi connectivity index (χ4n) is 5.55. The molecular weight excluding hydrogens is 547 g/mol. The number of sulfonamides is 1. The van der Waals surface area contributed by atoms with Gasteiger partial charge >= 0.3 is 5.97 Å². The van der Waals surface area contributed by atoms with E-state index in [1.54, 1.807) is 52.8 Å². The predicted octanol–water partition coefficient (Wildman–Crippen LogP) is 6.26. The van der Waals surface area contributed by atoms with Crippen LogP contribution in [0.2, 0.25) is 0 Å². The van der Waals surface area contributed by atoms with Gasteiger partial charge in [-0.3, -0.25) is 9.10 Å². The molecule has 0 fully saturated rings. The average Bonchev–Trinajstić information content (AvgIpc) is 2.83. The van der Waals surface area contributed by atoms with Gasteiger partial charge in [-0.05, 0) is 81.5 Å². The van der Waals surface area contributed by atoms with Crippen molar-refractivity contribution in [1.29, 1.82) is 0 Å². The van der Waals surface area contributed by atoms with Crippen LogP contribution < -0.4 is 9.62 Å². The van der Waals surface area contributed by atoms with Crippen molar-refractivity contribution in [2.45, 2.75) is 66.7 Å². The summed E-state index contributed by atoms with van der Waals surface area (Å²) in [6, 6.07) is 9.90. The number of carboxylic acids is 1. The summed E-state index contributed by atoms with van der Waals surface area (Å²) in [4.78, 5) is 25.1. The lowest BCUT2D eigenvalue weighted by Gasteiger charge is -2.37. The molecule has 0 spiro atoms. The first-order valence-electron chi connectivity index (χ1n) is 13.1. The van der Waals surface area contributed by atoms with E-state index in [0.717, 1.165) is 11.8 Å². The molecule has 4 rings (SSSR count). The van der Waals surface area contributed by atoms with E-state index >= 15 is 4.39 Å². The zero-order chi connectivity index (χ0) is 30.6. The van der Waals surface area contributed by atoms with Gasteiger partial charge in [-0.25, -0.2) is 17.6 Å². The topological polar surface area (TPSA) is 113 Å². The summed E-state index contributed by atoms with van der Waals surface area (Å²) in [6.45, 7) is 11.7. The van der Waals surface area contributed by atoms with Crippen molar-refractivity contribution >= 4 is 33.3 Å². The standard InChI is InChI=1S/C31H35FN2O6S/c1-16-12-13-21(23(14-16)33-19(4)35)24-17(2)25-27-20(10-9-11-22(27)32)15-34(41(8,38)39)28(25)18(3)26(24)29(30(36)37)40-31(5,6)7/h9-14,29H,15H2,1-8H3,(H,33,35)(H,36,37)/t29-/m0/s1. The Kier molecular flexibility index (Phi) is 7.79. The molecule has 0 unspecified atom stereocenters. The fraction of sp³-hybridized carbons (Fsp3) is 0.355. The molecule has 1 amide bonds. The first-order valence-corrected chi connectivity index (χ1v) is 15.0. The molecule has 2 N–H and O–H groups in total. The number of halogens is 1. The molecule has 1 heterocycles. The van der Waals surface area contributed by atoms with Crippen LogP contribution in [0.5, 0.6) is 0 Å². The number of aryl methyl sites for hydroxylation is 1. The summed E-state index contributed by atoms with van der Waals surface area (Å²) in [6.07, 6.45) is -0.442. The third-order valence-corrected chi connectivity index (χ3v) is 8.15. The van der Waals surface area contributed by atoms with E-state index in [2.05, 4.69) is 5.32 Å². The highest BCUT2D eigenvalue weighted by atomic mass is 32.2. The number of benzene rings is 3. The average molecular weight is 583 g/mol. The Morgan fingerprint density at radius 3 is 2.27 bits per heavy atom. The minimum absolute atomic E-state index is 0.114. The number of carboxylic acid groups (broad SMARTS) is 1. The van der Waals surface area contributed by atoms with E-state index in [1.807, 2.05) is 13.0 Å². The van der Waals surface area contributed by atoms with Crippen LogP contribution >= 0.6 is 0 Å². The quantitative estimate of drug-likeness (QED) is 0.355. The maximum atomic E-state index is 15.6. The van der Waals surface area contributed by atoms with Crippen molar-refractivity contribution in [3.8, 4) is 22.3 Å². The largest absolute Gasteiger partial charge is 0.479 e. The van der Waals surface area contributed by atoms with Crippen molar-refractivity contribution < 1.29 is 32.2 Å². The van der Waals surface area contributed by atoms with Crippen molar-refractivity contribution in [3.05, 3.63) is 70.0 Å². The maximum absolute atomic E-state index is 15.6. The minimum Gasteiger partial charge on any atom is -0.479 e. The molecule has 41 heavy (non-hydrogen) atoms. The molecule has 0 saturated carbocycles. The molecule has 3 aromatic rings. The fourth-order valence-corrected chi connectivity index (χ4v) is 6.49. The predicted molar refractivity (Wildman–Crippen MR) is 158 cm³/mol. The third kappa shape index (κ3) is 5.71. The van der Waals surface area contributed by atoms with Crippen LogP contribution in [0.3, 0.4) is 0 Å². The molecule has 3 aromatic carbocycles. The molecule has 0 saturated heterocycles. The Bertz CT molecular complexity index is 1690. The number of amides is 1. The molecule has 0 aromatic heterocycles. The number of nitrogens with zero attached hydrogens (tertiary/aromatic N) is 1. The highest BCUT2D eigenvalue weighted by Gasteiger charge is 2.39. The number of aliphatic carboxylic acids is 1. The molecule has 218 valence electrons. The zero-order valence-electron chi connectivity index (χ0n) is 24.5. The van der Waals surface area contributed by atoms with E-state index in [9.17, 15) is 23.1 Å². The van der Waals surface area contributed by atoms with E-state index < -0.39 is 33.5 Å². The minimum atomic E-state index is -3.87. The summed E-state index contributed by atoms with van der Waals surface area (Å²) < 4.78 is 49.2. The van der Waals surface area contributed by atoms with Crippen LogP contribution in [0.1, 0.15) is 61.6 Å². The van der Waals surface area contributed by atoms with Crippen LogP contribution in [0.4, 0.5) is 15.8 Å². The Labute approximate surface area is 240 Å². The molecule has 0 radical (unpaired) electrons. The summed E-state index contributed by atoms with van der Waals surface area (Å²) in [7, 11) is -3.87. The van der Waals surface area contributed by atoms with E-state index in [4.69, 9.17) is 4.74 Å².